The van der Waals surface area contributed by atoms with Gasteiger partial charge in [-0.25, -0.2) is 0 Å². The summed E-state index contributed by atoms with van der Waals surface area (Å²) in [6.07, 6.45) is 1.09. The van der Waals surface area contributed by atoms with E-state index >= 15 is 0 Å². The first-order chi connectivity index (χ1) is 8.72. The second kappa shape index (κ2) is 6.41. The van der Waals surface area contributed by atoms with E-state index < -0.39 is 0 Å². The number of rotatable bonds is 4. The normalized spacial score (nSPS) is 17.2. The van der Waals surface area contributed by atoms with E-state index in [4.69, 9.17) is 17.3 Å². The SMILES string of the molecule is Cc1c(Cl)cccc1N1CCN(CCCN)CC1. The zero-order valence-electron chi connectivity index (χ0n) is 11.0. The second-order valence-electron chi connectivity index (χ2n) is 4.85. The fraction of sp³-hybridized carbons (Fsp3) is 0.571. The highest BCUT2D eigenvalue weighted by molar-refractivity contribution is 6.31. The van der Waals surface area contributed by atoms with E-state index in [2.05, 4.69) is 22.8 Å². The largest absolute Gasteiger partial charge is 0.369 e. The molecule has 1 aliphatic heterocycles. The van der Waals surface area contributed by atoms with Gasteiger partial charge in [0.05, 0.1) is 0 Å². The van der Waals surface area contributed by atoms with E-state index in [1.807, 2.05) is 12.1 Å². The predicted octanol–water partition coefficient (Wildman–Crippen LogP) is 2.12. The molecule has 1 aromatic carbocycles. The molecule has 4 heteroatoms. The van der Waals surface area contributed by atoms with Gasteiger partial charge in [-0.3, -0.25) is 4.90 Å². The first kappa shape index (κ1) is 13.7. The van der Waals surface area contributed by atoms with Crippen LogP contribution in [0.2, 0.25) is 5.02 Å². The summed E-state index contributed by atoms with van der Waals surface area (Å²) < 4.78 is 0. The quantitative estimate of drug-likeness (QED) is 0.907. The van der Waals surface area contributed by atoms with Gasteiger partial charge >= 0.3 is 0 Å². The molecule has 0 aromatic heterocycles. The van der Waals surface area contributed by atoms with Gasteiger partial charge in [0.15, 0.2) is 0 Å². The van der Waals surface area contributed by atoms with Crippen LogP contribution in [-0.4, -0.2) is 44.2 Å². The second-order valence-corrected chi connectivity index (χ2v) is 5.26. The van der Waals surface area contributed by atoms with Crippen LogP contribution in [0.1, 0.15) is 12.0 Å². The Morgan fingerprint density at radius 3 is 2.61 bits per heavy atom. The molecule has 0 aliphatic carbocycles. The molecule has 1 fully saturated rings. The van der Waals surface area contributed by atoms with Crippen LogP contribution in [0.15, 0.2) is 18.2 Å². The fourth-order valence-corrected chi connectivity index (χ4v) is 2.64. The van der Waals surface area contributed by atoms with Crippen molar-refractivity contribution in [1.29, 1.82) is 0 Å². The maximum Gasteiger partial charge on any atom is 0.0455 e. The smallest absolute Gasteiger partial charge is 0.0455 e. The van der Waals surface area contributed by atoms with Gasteiger partial charge in [0.25, 0.3) is 0 Å². The van der Waals surface area contributed by atoms with E-state index in [1.165, 1.54) is 11.3 Å². The van der Waals surface area contributed by atoms with E-state index in [0.717, 1.165) is 50.7 Å². The molecule has 2 rings (SSSR count). The maximum absolute atomic E-state index is 6.18. The predicted molar refractivity (Wildman–Crippen MR) is 78.5 cm³/mol. The van der Waals surface area contributed by atoms with Crippen LogP contribution in [-0.2, 0) is 0 Å². The Bertz CT molecular complexity index is 387. The van der Waals surface area contributed by atoms with Gasteiger partial charge in [-0.05, 0) is 44.1 Å². The molecule has 1 aliphatic rings. The highest BCUT2D eigenvalue weighted by Crippen LogP contribution is 2.27. The van der Waals surface area contributed by atoms with Crippen molar-refractivity contribution in [3.05, 3.63) is 28.8 Å². The zero-order valence-corrected chi connectivity index (χ0v) is 11.8. The number of halogens is 1. The molecule has 18 heavy (non-hydrogen) atoms. The van der Waals surface area contributed by atoms with Gasteiger partial charge in [-0.2, -0.15) is 0 Å². The molecule has 0 amide bonds. The number of nitrogens with two attached hydrogens (primary N) is 1. The third kappa shape index (κ3) is 3.16. The Morgan fingerprint density at radius 1 is 1.22 bits per heavy atom. The van der Waals surface area contributed by atoms with Gasteiger partial charge in [0.1, 0.15) is 0 Å². The van der Waals surface area contributed by atoms with E-state index in [9.17, 15) is 0 Å². The summed E-state index contributed by atoms with van der Waals surface area (Å²) in [5, 5.41) is 0.859. The molecule has 0 saturated carbocycles. The number of anilines is 1. The van der Waals surface area contributed by atoms with Crippen molar-refractivity contribution in [3.63, 3.8) is 0 Å². The Morgan fingerprint density at radius 2 is 1.94 bits per heavy atom. The molecule has 0 spiro atoms. The van der Waals surface area contributed by atoms with Crippen LogP contribution >= 0.6 is 11.6 Å². The summed E-state index contributed by atoms with van der Waals surface area (Å²) in [6.45, 7) is 8.39. The highest BCUT2D eigenvalue weighted by atomic mass is 35.5. The summed E-state index contributed by atoms with van der Waals surface area (Å²) in [4.78, 5) is 4.92. The molecule has 1 aromatic rings. The first-order valence-electron chi connectivity index (χ1n) is 6.65. The lowest BCUT2D eigenvalue weighted by molar-refractivity contribution is 0.256. The van der Waals surface area contributed by atoms with E-state index in [-0.39, 0.29) is 0 Å². The fourth-order valence-electron chi connectivity index (χ4n) is 2.47. The Labute approximate surface area is 115 Å². The Balaban J connectivity index is 1.95. The molecule has 100 valence electrons. The van der Waals surface area contributed by atoms with Crippen molar-refractivity contribution in [2.45, 2.75) is 13.3 Å². The summed E-state index contributed by atoms with van der Waals surface area (Å²) in [5.74, 6) is 0. The zero-order chi connectivity index (χ0) is 13.0. The molecular weight excluding hydrogens is 246 g/mol. The van der Waals surface area contributed by atoms with Crippen LogP contribution < -0.4 is 10.6 Å². The summed E-state index contributed by atoms with van der Waals surface area (Å²) >= 11 is 6.18. The average molecular weight is 268 g/mol. The molecule has 0 unspecified atom stereocenters. The van der Waals surface area contributed by atoms with Crippen molar-refractivity contribution in [1.82, 2.24) is 4.90 Å². The monoisotopic (exact) mass is 267 g/mol. The number of piperazine rings is 1. The standard InChI is InChI=1S/C14H22ClN3/c1-12-13(15)4-2-5-14(12)18-10-8-17(9-11-18)7-3-6-16/h2,4-5H,3,6-11,16H2,1H3. The first-order valence-corrected chi connectivity index (χ1v) is 7.02. The van der Waals surface area contributed by atoms with Gasteiger partial charge < -0.3 is 10.6 Å². The summed E-state index contributed by atoms with van der Waals surface area (Å²) in [5.41, 5.74) is 8.02. The molecule has 0 bridgehead atoms. The third-order valence-corrected chi connectivity index (χ3v) is 4.04. The van der Waals surface area contributed by atoms with Crippen LogP contribution in [0.4, 0.5) is 5.69 Å². The minimum atomic E-state index is 0.785. The molecule has 3 nitrogen and oxygen atoms in total. The lowest BCUT2D eigenvalue weighted by atomic mass is 10.1. The van der Waals surface area contributed by atoms with Crippen LogP contribution in [0.5, 0.6) is 0 Å². The van der Waals surface area contributed by atoms with Crippen molar-refractivity contribution in [2.24, 2.45) is 5.73 Å². The maximum atomic E-state index is 6.18. The lowest BCUT2D eigenvalue weighted by Crippen LogP contribution is -2.47. The highest BCUT2D eigenvalue weighted by Gasteiger charge is 2.18. The number of benzene rings is 1. The van der Waals surface area contributed by atoms with Gasteiger partial charge in [0, 0.05) is 36.9 Å². The average Bonchev–Trinajstić information content (AvgIpc) is 2.40. The molecule has 2 N–H and O–H groups in total. The summed E-state index contributed by atoms with van der Waals surface area (Å²) in [7, 11) is 0. The van der Waals surface area contributed by atoms with Crippen LogP contribution in [0, 0.1) is 6.92 Å². The van der Waals surface area contributed by atoms with Crippen LogP contribution in [0.25, 0.3) is 0 Å². The molecule has 0 radical (unpaired) electrons. The van der Waals surface area contributed by atoms with E-state index in [0.29, 0.717) is 0 Å². The van der Waals surface area contributed by atoms with Crippen molar-refractivity contribution < 1.29 is 0 Å². The van der Waals surface area contributed by atoms with Crippen LogP contribution in [0.3, 0.4) is 0 Å². The number of hydrogen-bond donors (Lipinski definition) is 1. The third-order valence-electron chi connectivity index (χ3n) is 3.63. The molecule has 0 atom stereocenters. The van der Waals surface area contributed by atoms with Crippen molar-refractivity contribution in [3.8, 4) is 0 Å². The van der Waals surface area contributed by atoms with Crippen molar-refractivity contribution >= 4 is 17.3 Å². The topological polar surface area (TPSA) is 32.5 Å². The molecule has 1 heterocycles. The van der Waals surface area contributed by atoms with Gasteiger partial charge in [0.2, 0.25) is 0 Å². The number of nitrogens with zero attached hydrogens (tertiary/aromatic N) is 2. The molecular formula is C14H22ClN3. The van der Waals surface area contributed by atoms with E-state index in [1.54, 1.807) is 0 Å². The van der Waals surface area contributed by atoms with Crippen molar-refractivity contribution in [2.75, 3.05) is 44.2 Å². The summed E-state index contributed by atoms with van der Waals surface area (Å²) in [6, 6.07) is 6.15. The Hall–Kier alpha value is -0.770. The minimum Gasteiger partial charge on any atom is -0.369 e. The lowest BCUT2D eigenvalue weighted by Gasteiger charge is -2.36. The minimum absolute atomic E-state index is 0.785. The van der Waals surface area contributed by atoms with Gasteiger partial charge in [-0.1, -0.05) is 17.7 Å². The molecule has 1 saturated heterocycles. The number of hydrogen-bond acceptors (Lipinski definition) is 3. The Kier molecular flexibility index (Phi) is 4.87. The van der Waals surface area contributed by atoms with Gasteiger partial charge in [-0.15, -0.1) is 0 Å².